The van der Waals surface area contributed by atoms with E-state index in [1.807, 2.05) is 11.8 Å². The standard InChI is InChI=1S/C24H31N3O3/c1-3-30-21-17-22(28)27-12-8-4-5-11-20(27)23(21)24(29)26-15-13-25(14-16-26)19-10-7-6-9-18(19)2/h6-7,9-10,17H,3-5,8,11-16H2,1-2H3. The number of hydrogen-bond acceptors (Lipinski definition) is 4. The zero-order valence-corrected chi connectivity index (χ0v) is 18.0. The van der Waals surface area contributed by atoms with Crippen LogP contribution in [0.2, 0.25) is 0 Å². The number of anilines is 1. The van der Waals surface area contributed by atoms with E-state index in [4.69, 9.17) is 4.74 Å². The summed E-state index contributed by atoms with van der Waals surface area (Å²) in [6, 6.07) is 9.89. The Bertz CT molecular complexity index is 974. The van der Waals surface area contributed by atoms with E-state index >= 15 is 0 Å². The van der Waals surface area contributed by atoms with Crippen molar-refractivity contribution in [2.45, 2.75) is 46.1 Å². The van der Waals surface area contributed by atoms with Crippen molar-refractivity contribution in [1.29, 1.82) is 0 Å². The number of aromatic nitrogens is 1. The van der Waals surface area contributed by atoms with Crippen molar-refractivity contribution in [2.24, 2.45) is 0 Å². The van der Waals surface area contributed by atoms with Crippen LogP contribution in [0.4, 0.5) is 5.69 Å². The lowest BCUT2D eigenvalue weighted by Crippen LogP contribution is -2.49. The predicted molar refractivity (Wildman–Crippen MR) is 119 cm³/mol. The Labute approximate surface area is 178 Å². The lowest BCUT2D eigenvalue weighted by Gasteiger charge is -2.37. The first-order valence-electron chi connectivity index (χ1n) is 11.1. The number of carbonyl (C=O) groups excluding carboxylic acids is 1. The molecule has 2 aliphatic heterocycles. The number of hydrogen-bond donors (Lipinski definition) is 0. The van der Waals surface area contributed by atoms with Crippen molar-refractivity contribution in [3.63, 3.8) is 0 Å². The van der Waals surface area contributed by atoms with Gasteiger partial charge in [-0.2, -0.15) is 0 Å². The fraction of sp³-hybridized carbons (Fsp3) is 0.500. The number of aryl methyl sites for hydroxylation is 1. The summed E-state index contributed by atoms with van der Waals surface area (Å²) in [5.74, 6) is 0.440. The highest BCUT2D eigenvalue weighted by Gasteiger charge is 2.29. The molecule has 3 heterocycles. The Kier molecular flexibility index (Phi) is 6.11. The Balaban J connectivity index is 1.60. The van der Waals surface area contributed by atoms with Gasteiger partial charge in [-0.3, -0.25) is 9.59 Å². The molecule has 1 saturated heterocycles. The maximum absolute atomic E-state index is 13.6. The van der Waals surface area contributed by atoms with Crippen LogP contribution in [-0.4, -0.2) is 48.2 Å². The molecule has 0 saturated carbocycles. The third-order valence-electron chi connectivity index (χ3n) is 6.21. The van der Waals surface area contributed by atoms with Gasteiger partial charge < -0.3 is 19.1 Å². The summed E-state index contributed by atoms with van der Waals surface area (Å²) < 4.78 is 7.57. The number of benzene rings is 1. The van der Waals surface area contributed by atoms with Gasteiger partial charge in [-0.05, 0) is 44.7 Å². The van der Waals surface area contributed by atoms with Crippen LogP contribution in [0.3, 0.4) is 0 Å². The zero-order valence-electron chi connectivity index (χ0n) is 18.0. The van der Waals surface area contributed by atoms with Gasteiger partial charge >= 0.3 is 0 Å². The van der Waals surface area contributed by atoms with Crippen LogP contribution in [0.25, 0.3) is 0 Å². The summed E-state index contributed by atoms with van der Waals surface area (Å²) in [7, 11) is 0. The van der Waals surface area contributed by atoms with Gasteiger partial charge in [-0.25, -0.2) is 0 Å². The van der Waals surface area contributed by atoms with Gasteiger partial charge in [0, 0.05) is 50.2 Å². The van der Waals surface area contributed by atoms with Gasteiger partial charge in [0.1, 0.15) is 11.3 Å². The summed E-state index contributed by atoms with van der Waals surface area (Å²) in [5, 5.41) is 0. The molecule has 2 aromatic rings. The second-order valence-corrected chi connectivity index (χ2v) is 8.13. The van der Waals surface area contributed by atoms with Gasteiger partial charge in [-0.15, -0.1) is 0 Å². The van der Waals surface area contributed by atoms with Gasteiger partial charge in [0.2, 0.25) is 0 Å². The molecule has 160 valence electrons. The molecule has 6 heteroatoms. The normalized spacial score (nSPS) is 16.7. The predicted octanol–water partition coefficient (Wildman–Crippen LogP) is 3.24. The molecule has 30 heavy (non-hydrogen) atoms. The third-order valence-corrected chi connectivity index (χ3v) is 6.21. The monoisotopic (exact) mass is 409 g/mol. The van der Waals surface area contributed by atoms with Gasteiger partial charge in [0.15, 0.2) is 0 Å². The number of ether oxygens (including phenoxy) is 1. The molecule has 1 fully saturated rings. The minimum atomic E-state index is -0.0590. The summed E-state index contributed by atoms with van der Waals surface area (Å²) in [6.07, 6.45) is 3.80. The molecule has 0 N–H and O–H groups in total. The second kappa shape index (κ2) is 8.94. The first-order chi connectivity index (χ1) is 14.6. The lowest BCUT2D eigenvalue weighted by atomic mass is 10.0. The number of para-hydroxylation sites is 1. The maximum Gasteiger partial charge on any atom is 0.259 e. The molecule has 0 unspecified atom stereocenters. The molecule has 0 radical (unpaired) electrons. The average Bonchev–Trinajstić information content (AvgIpc) is 3.01. The first kappa shape index (κ1) is 20.5. The summed E-state index contributed by atoms with van der Waals surface area (Å²) in [6.45, 7) is 8.06. The van der Waals surface area contributed by atoms with Gasteiger partial charge in [-0.1, -0.05) is 24.6 Å². The number of amides is 1. The largest absolute Gasteiger partial charge is 0.493 e. The fourth-order valence-electron chi connectivity index (χ4n) is 4.64. The first-order valence-corrected chi connectivity index (χ1v) is 11.1. The Morgan fingerprint density at radius 2 is 1.80 bits per heavy atom. The van der Waals surface area contributed by atoms with E-state index < -0.39 is 0 Å². The van der Waals surface area contributed by atoms with E-state index in [1.165, 1.54) is 17.3 Å². The van der Waals surface area contributed by atoms with Crippen molar-refractivity contribution in [1.82, 2.24) is 9.47 Å². The Morgan fingerprint density at radius 3 is 2.53 bits per heavy atom. The number of nitrogens with zero attached hydrogens (tertiary/aromatic N) is 3. The van der Waals surface area contributed by atoms with Crippen LogP contribution in [0, 0.1) is 6.92 Å². The number of rotatable bonds is 4. The van der Waals surface area contributed by atoms with Crippen molar-refractivity contribution >= 4 is 11.6 Å². The second-order valence-electron chi connectivity index (χ2n) is 8.13. The van der Waals surface area contributed by atoms with Crippen molar-refractivity contribution in [2.75, 3.05) is 37.7 Å². The molecule has 1 aromatic carbocycles. The van der Waals surface area contributed by atoms with Crippen LogP contribution in [0.1, 0.15) is 47.8 Å². The highest BCUT2D eigenvalue weighted by molar-refractivity contribution is 5.98. The SMILES string of the molecule is CCOc1cc(=O)n2c(c1C(=O)N1CCN(c3ccccc3C)CC1)CCCCC2. The molecular weight excluding hydrogens is 378 g/mol. The molecule has 1 aromatic heterocycles. The van der Waals surface area contributed by atoms with Crippen LogP contribution < -0.4 is 15.2 Å². The van der Waals surface area contributed by atoms with E-state index in [0.717, 1.165) is 44.5 Å². The topological polar surface area (TPSA) is 54.8 Å². The highest BCUT2D eigenvalue weighted by atomic mass is 16.5. The minimum Gasteiger partial charge on any atom is -0.493 e. The maximum atomic E-state index is 13.6. The number of pyridine rings is 1. The highest BCUT2D eigenvalue weighted by Crippen LogP contribution is 2.28. The van der Waals surface area contributed by atoms with E-state index in [-0.39, 0.29) is 11.5 Å². The molecule has 0 spiro atoms. The van der Waals surface area contributed by atoms with E-state index in [2.05, 4.69) is 36.1 Å². The molecule has 4 rings (SSSR count). The molecule has 2 aliphatic rings. The Hall–Kier alpha value is -2.76. The summed E-state index contributed by atoms with van der Waals surface area (Å²) in [5.41, 5.74) is 3.89. The van der Waals surface area contributed by atoms with Crippen LogP contribution in [0.5, 0.6) is 5.75 Å². The lowest BCUT2D eigenvalue weighted by molar-refractivity contribution is 0.0740. The Morgan fingerprint density at radius 1 is 1.03 bits per heavy atom. The number of carbonyl (C=O) groups is 1. The van der Waals surface area contributed by atoms with Crippen molar-refractivity contribution in [3.8, 4) is 5.75 Å². The van der Waals surface area contributed by atoms with Crippen LogP contribution in [-0.2, 0) is 13.0 Å². The summed E-state index contributed by atoms with van der Waals surface area (Å²) >= 11 is 0. The minimum absolute atomic E-state index is 0.00599. The van der Waals surface area contributed by atoms with Crippen molar-refractivity contribution < 1.29 is 9.53 Å². The van der Waals surface area contributed by atoms with E-state index in [0.29, 0.717) is 37.6 Å². The van der Waals surface area contributed by atoms with Gasteiger partial charge in [0.05, 0.1) is 6.61 Å². The van der Waals surface area contributed by atoms with Crippen molar-refractivity contribution in [3.05, 3.63) is 57.5 Å². The van der Waals surface area contributed by atoms with Gasteiger partial charge in [0.25, 0.3) is 11.5 Å². The van der Waals surface area contributed by atoms with E-state index in [1.54, 1.807) is 4.57 Å². The van der Waals surface area contributed by atoms with Crippen LogP contribution >= 0.6 is 0 Å². The zero-order chi connectivity index (χ0) is 21.1. The average molecular weight is 410 g/mol. The molecule has 1 amide bonds. The van der Waals surface area contributed by atoms with E-state index in [9.17, 15) is 9.59 Å². The number of fused-ring (bicyclic) bond motifs is 1. The fourth-order valence-corrected chi connectivity index (χ4v) is 4.64. The molecule has 6 nitrogen and oxygen atoms in total. The molecule has 0 aliphatic carbocycles. The summed E-state index contributed by atoms with van der Waals surface area (Å²) in [4.78, 5) is 30.5. The molecule has 0 bridgehead atoms. The molecule has 0 atom stereocenters. The smallest absolute Gasteiger partial charge is 0.259 e. The third kappa shape index (κ3) is 3.95. The molecular formula is C24H31N3O3. The number of piperazine rings is 1. The van der Waals surface area contributed by atoms with Crippen LogP contribution in [0.15, 0.2) is 35.1 Å². The quantitative estimate of drug-likeness (QED) is 0.778.